The molecule has 0 spiro atoms. The number of aromatic amines is 1. The molecule has 1 aromatic heterocycles. The number of phenols is 1. The van der Waals surface area contributed by atoms with Crippen LogP contribution in [0.5, 0.6) is 11.5 Å². The Hall–Kier alpha value is -4.13. The zero-order valence-corrected chi connectivity index (χ0v) is 16.8. The number of rotatable bonds is 5. The number of methoxy groups -OCH3 is 1. The molecule has 0 saturated carbocycles. The van der Waals surface area contributed by atoms with Gasteiger partial charge in [0.15, 0.2) is 11.5 Å². The van der Waals surface area contributed by atoms with Crippen molar-refractivity contribution in [1.82, 2.24) is 15.6 Å². The summed E-state index contributed by atoms with van der Waals surface area (Å²) in [5, 5.41) is 23.2. The van der Waals surface area contributed by atoms with Crippen molar-refractivity contribution in [2.45, 2.75) is 12.8 Å². The molecule has 0 radical (unpaired) electrons. The minimum Gasteiger partial charge on any atom is -0.504 e. The van der Waals surface area contributed by atoms with E-state index in [1.807, 2.05) is 0 Å². The van der Waals surface area contributed by atoms with Gasteiger partial charge in [0, 0.05) is 5.56 Å². The Morgan fingerprint density at radius 3 is 2.84 bits per heavy atom. The van der Waals surface area contributed by atoms with E-state index in [9.17, 15) is 9.90 Å². The molecular formula is C24H20N4O3. The highest BCUT2D eigenvalue weighted by molar-refractivity contribution is 6.02. The number of amides is 1. The number of ether oxygens (including phenoxy) is 1. The first-order chi connectivity index (χ1) is 15.1. The number of nitrogens with one attached hydrogen (secondary N) is 2. The maximum atomic E-state index is 12.5. The lowest BCUT2D eigenvalue weighted by molar-refractivity contribution is 0.0950. The van der Waals surface area contributed by atoms with Crippen LogP contribution in [0.25, 0.3) is 22.0 Å². The van der Waals surface area contributed by atoms with Gasteiger partial charge in [-0.2, -0.15) is 10.2 Å². The Morgan fingerprint density at radius 2 is 2.00 bits per heavy atom. The van der Waals surface area contributed by atoms with Crippen LogP contribution < -0.4 is 10.2 Å². The van der Waals surface area contributed by atoms with Crippen molar-refractivity contribution in [3.8, 4) is 22.8 Å². The first kappa shape index (κ1) is 18.9. The van der Waals surface area contributed by atoms with Crippen molar-refractivity contribution in [1.29, 1.82) is 0 Å². The number of hydrogen-bond donors (Lipinski definition) is 3. The number of benzene rings is 3. The summed E-state index contributed by atoms with van der Waals surface area (Å²) in [5.74, 6) is -0.0257. The van der Waals surface area contributed by atoms with E-state index in [1.54, 1.807) is 18.2 Å². The van der Waals surface area contributed by atoms with E-state index < -0.39 is 5.91 Å². The molecule has 1 amide bonds. The number of carbonyl (C=O) groups is 1. The number of carbonyl (C=O) groups excluding carboxylic acids is 1. The molecule has 7 heteroatoms. The zero-order valence-electron chi connectivity index (χ0n) is 16.8. The quantitative estimate of drug-likeness (QED) is 0.343. The summed E-state index contributed by atoms with van der Waals surface area (Å²) < 4.78 is 5.06. The van der Waals surface area contributed by atoms with Crippen molar-refractivity contribution in [2.75, 3.05) is 7.11 Å². The second-order valence-corrected chi connectivity index (χ2v) is 7.41. The van der Waals surface area contributed by atoms with Gasteiger partial charge < -0.3 is 9.84 Å². The molecular weight excluding hydrogens is 392 g/mol. The van der Waals surface area contributed by atoms with Crippen LogP contribution in [0.1, 0.15) is 27.2 Å². The number of H-pyrrole nitrogens is 1. The van der Waals surface area contributed by atoms with Gasteiger partial charge in [-0.15, -0.1) is 0 Å². The summed E-state index contributed by atoms with van der Waals surface area (Å²) in [6.07, 6.45) is 3.60. The molecule has 7 nitrogen and oxygen atoms in total. The average molecular weight is 412 g/mol. The molecule has 0 bridgehead atoms. The molecule has 31 heavy (non-hydrogen) atoms. The molecule has 0 atom stereocenters. The van der Waals surface area contributed by atoms with Gasteiger partial charge in [0.25, 0.3) is 5.91 Å². The highest BCUT2D eigenvalue weighted by Gasteiger charge is 2.18. The van der Waals surface area contributed by atoms with Crippen LogP contribution in [0.2, 0.25) is 0 Å². The molecule has 1 aliphatic rings. The SMILES string of the molecule is COc1cc(/C=N\NC(=O)c2cc(-c3ccc4c5c(cccc35)CC4)n[nH]2)ccc1O. The Kier molecular flexibility index (Phi) is 4.63. The zero-order chi connectivity index (χ0) is 21.4. The fraction of sp³-hybridized carbons (Fsp3) is 0.125. The number of hydrogen-bond acceptors (Lipinski definition) is 5. The normalized spacial score (nSPS) is 12.5. The molecule has 154 valence electrons. The van der Waals surface area contributed by atoms with E-state index in [0.717, 1.165) is 23.8 Å². The summed E-state index contributed by atoms with van der Waals surface area (Å²) in [4.78, 5) is 12.5. The van der Waals surface area contributed by atoms with Crippen LogP contribution in [0.15, 0.2) is 59.7 Å². The van der Waals surface area contributed by atoms with Crippen molar-refractivity contribution < 1.29 is 14.6 Å². The maximum Gasteiger partial charge on any atom is 0.289 e. The van der Waals surface area contributed by atoms with Crippen molar-refractivity contribution in [3.05, 3.63) is 77.0 Å². The van der Waals surface area contributed by atoms with E-state index in [-0.39, 0.29) is 5.75 Å². The number of phenolic OH excluding ortho intramolecular Hbond substituents is 1. The standard InChI is InChI=1S/C24H20N4O3/c1-31-22-11-14(5-10-21(22)29)13-25-28-24(30)20-12-19(26-27-20)17-9-8-16-7-6-15-3-2-4-18(17)23(15)16/h2-5,8-13,29H,6-7H2,1H3,(H,26,27)(H,28,30)/b25-13-. The minimum absolute atomic E-state index is 0.0386. The van der Waals surface area contributed by atoms with Gasteiger partial charge in [0.2, 0.25) is 0 Å². The molecule has 0 unspecified atom stereocenters. The molecule has 3 aromatic carbocycles. The van der Waals surface area contributed by atoms with Crippen LogP contribution in [0.4, 0.5) is 0 Å². The van der Waals surface area contributed by atoms with Crippen LogP contribution >= 0.6 is 0 Å². The second-order valence-electron chi connectivity index (χ2n) is 7.41. The number of hydrazone groups is 1. The number of aromatic nitrogens is 2. The lowest BCUT2D eigenvalue weighted by atomic mass is 9.98. The van der Waals surface area contributed by atoms with E-state index in [0.29, 0.717) is 22.7 Å². The summed E-state index contributed by atoms with van der Waals surface area (Å²) in [7, 11) is 1.47. The van der Waals surface area contributed by atoms with Gasteiger partial charge >= 0.3 is 0 Å². The summed E-state index contributed by atoms with van der Waals surface area (Å²) >= 11 is 0. The molecule has 4 aromatic rings. The fourth-order valence-corrected chi connectivity index (χ4v) is 4.05. The molecule has 0 aliphatic heterocycles. The third kappa shape index (κ3) is 3.40. The molecule has 1 aliphatic carbocycles. The second kappa shape index (κ2) is 7.60. The van der Waals surface area contributed by atoms with Crippen LogP contribution in [-0.4, -0.2) is 34.5 Å². The third-order valence-electron chi connectivity index (χ3n) is 5.56. The smallest absolute Gasteiger partial charge is 0.289 e. The predicted octanol–water partition coefficient (Wildman–Crippen LogP) is 3.81. The molecule has 0 fully saturated rings. The molecule has 5 rings (SSSR count). The van der Waals surface area contributed by atoms with Gasteiger partial charge in [-0.3, -0.25) is 9.89 Å². The molecule has 0 saturated heterocycles. The van der Waals surface area contributed by atoms with E-state index in [1.165, 1.54) is 35.9 Å². The van der Waals surface area contributed by atoms with E-state index in [2.05, 4.69) is 51.1 Å². The first-order valence-corrected chi connectivity index (χ1v) is 9.93. The molecule has 1 heterocycles. The van der Waals surface area contributed by atoms with Crippen molar-refractivity contribution >= 4 is 22.9 Å². The summed E-state index contributed by atoms with van der Waals surface area (Å²) in [5.41, 5.74) is 7.92. The lowest BCUT2D eigenvalue weighted by Gasteiger charge is -2.06. The lowest BCUT2D eigenvalue weighted by Crippen LogP contribution is -2.18. The highest BCUT2D eigenvalue weighted by Crippen LogP contribution is 2.36. The monoisotopic (exact) mass is 412 g/mol. The van der Waals surface area contributed by atoms with Gasteiger partial charge in [-0.05, 0) is 64.6 Å². The summed E-state index contributed by atoms with van der Waals surface area (Å²) in [6, 6.07) is 17.1. The largest absolute Gasteiger partial charge is 0.504 e. The third-order valence-corrected chi connectivity index (χ3v) is 5.56. The number of aromatic hydroxyl groups is 1. The highest BCUT2D eigenvalue weighted by atomic mass is 16.5. The number of aryl methyl sites for hydroxylation is 2. The topological polar surface area (TPSA) is 99.6 Å². The van der Waals surface area contributed by atoms with Crippen LogP contribution in [0.3, 0.4) is 0 Å². The first-order valence-electron chi connectivity index (χ1n) is 9.93. The van der Waals surface area contributed by atoms with Crippen molar-refractivity contribution in [2.24, 2.45) is 5.10 Å². The fourth-order valence-electron chi connectivity index (χ4n) is 4.05. The maximum absolute atomic E-state index is 12.5. The Labute approximate surface area is 178 Å². The minimum atomic E-state index is -0.397. The predicted molar refractivity (Wildman–Crippen MR) is 119 cm³/mol. The van der Waals surface area contributed by atoms with Gasteiger partial charge in [-0.25, -0.2) is 5.43 Å². The average Bonchev–Trinajstić information content (AvgIpc) is 3.44. The Morgan fingerprint density at radius 1 is 1.16 bits per heavy atom. The van der Waals surface area contributed by atoms with Crippen LogP contribution in [0, 0.1) is 0 Å². The molecule has 3 N–H and O–H groups in total. The van der Waals surface area contributed by atoms with Gasteiger partial charge in [0.1, 0.15) is 5.69 Å². The summed E-state index contributed by atoms with van der Waals surface area (Å²) in [6.45, 7) is 0. The number of nitrogens with zero attached hydrogens (tertiary/aromatic N) is 2. The van der Waals surface area contributed by atoms with E-state index >= 15 is 0 Å². The van der Waals surface area contributed by atoms with Gasteiger partial charge in [-0.1, -0.05) is 30.3 Å². The van der Waals surface area contributed by atoms with Crippen molar-refractivity contribution in [3.63, 3.8) is 0 Å². The van der Waals surface area contributed by atoms with Gasteiger partial charge in [0.05, 0.1) is 19.0 Å². The van der Waals surface area contributed by atoms with E-state index in [4.69, 9.17) is 4.74 Å². The Balaban J connectivity index is 1.36. The Bertz CT molecular complexity index is 1330. The van der Waals surface area contributed by atoms with Crippen LogP contribution in [-0.2, 0) is 12.8 Å².